The molecule has 1 saturated heterocycles. The van der Waals surface area contributed by atoms with E-state index in [1.807, 2.05) is 0 Å². The van der Waals surface area contributed by atoms with E-state index in [0.717, 1.165) is 17.0 Å². The Hall–Kier alpha value is -3.30. The molecule has 4 amide bonds. The van der Waals surface area contributed by atoms with Crippen LogP contribution in [0.3, 0.4) is 0 Å². The Morgan fingerprint density at radius 2 is 2.04 bits per heavy atom. The van der Waals surface area contributed by atoms with Crippen molar-refractivity contribution in [3.8, 4) is 0 Å². The number of carbonyl (C=O) groups excluding carboxylic acids is 3. The lowest BCUT2D eigenvalue weighted by Gasteiger charge is -2.22. The number of nitrogens with zero attached hydrogens (tertiary/aromatic N) is 2. The second-order valence-electron chi connectivity index (χ2n) is 6.26. The van der Waals surface area contributed by atoms with Crippen LogP contribution in [0.1, 0.15) is 24.7 Å². The molecule has 27 heavy (non-hydrogen) atoms. The lowest BCUT2D eigenvalue weighted by molar-refractivity contribution is -0.131. The van der Waals surface area contributed by atoms with Gasteiger partial charge in [0.05, 0.1) is 0 Å². The monoisotopic (exact) mass is 378 g/mol. The van der Waals surface area contributed by atoms with Gasteiger partial charge < -0.3 is 15.2 Å². The van der Waals surface area contributed by atoms with Crippen LogP contribution in [0.25, 0.3) is 0 Å². The number of carbonyl (C=O) groups is 3. The molecule has 0 aliphatic carbocycles. The Balaban J connectivity index is 1.68. The fraction of sp³-hybridized carbons (Fsp3) is 0.294. The van der Waals surface area contributed by atoms with E-state index in [0.29, 0.717) is 5.76 Å². The molecule has 3 rings (SSSR count). The number of benzene rings is 1. The van der Waals surface area contributed by atoms with Gasteiger partial charge in [0.2, 0.25) is 5.91 Å². The van der Waals surface area contributed by atoms with Crippen LogP contribution in [0.4, 0.5) is 19.4 Å². The number of anilines is 1. The smallest absolute Gasteiger partial charge is 0.325 e. The Bertz CT molecular complexity index is 929. The van der Waals surface area contributed by atoms with E-state index in [9.17, 15) is 23.2 Å². The molecule has 1 atom stereocenters. The summed E-state index contributed by atoms with van der Waals surface area (Å²) in [6, 6.07) is 3.75. The maximum Gasteiger partial charge on any atom is 0.325 e. The number of imide groups is 1. The van der Waals surface area contributed by atoms with Gasteiger partial charge in [-0.2, -0.15) is 0 Å². The average Bonchev–Trinajstić information content (AvgIpc) is 3.10. The SMILES string of the molecule is Cc1cc(NC(=O)CCN2C(=O)NC(C)(c3ccc(F)c(F)c3)C2=O)no1. The van der Waals surface area contributed by atoms with Crippen molar-refractivity contribution in [3.05, 3.63) is 47.2 Å². The molecule has 10 heteroatoms. The van der Waals surface area contributed by atoms with E-state index in [1.54, 1.807) is 6.92 Å². The number of aromatic nitrogens is 1. The zero-order chi connectivity index (χ0) is 19.8. The van der Waals surface area contributed by atoms with Gasteiger partial charge in [0.1, 0.15) is 11.3 Å². The number of aryl methyl sites for hydroxylation is 1. The Kier molecular flexibility index (Phi) is 4.64. The molecule has 0 radical (unpaired) electrons. The lowest BCUT2D eigenvalue weighted by Crippen LogP contribution is -2.41. The van der Waals surface area contributed by atoms with Crippen LogP contribution in [0, 0.1) is 18.6 Å². The van der Waals surface area contributed by atoms with Gasteiger partial charge in [-0.15, -0.1) is 0 Å². The van der Waals surface area contributed by atoms with Gasteiger partial charge in [-0.25, -0.2) is 13.6 Å². The Morgan fingerprint density at radius 3 is 2.67 bits per heavy atom. The van der Waals surface area contributed by atoms with Gasteiger partial charge >= 0.3 is 6.03 Å². The fourth-order valence-electron chi connectivity index (χ4n) is 2.75. The third-order valence-electron chi connectivity index (χ3n) is 4.23. The summed E-state index contributed by atoms with van der Waals surface area (Å²) in [5.41, 5.74) is -1.45. The van der Waals surface area contributed by atoms with E-state index in [-0.39, 0.29) is 24.3 Å². The molecule has 2 aromatic rings. The molecule has 1 aliphatic heterocycles. The highest BCUT2D eigenvalue weighted by Gasteiger charge is 2.49. The van der Waals surface area contributed by atoms with Gasteiger partial charge in [0.15, 0.2) is 17.5 Å². The van der Waals surface area contributed by atoms with Crippen LogP contribution >= 0.6 is 0 Å². The average molecular weight is 378 g/mol. The number of halogens is 2. The largest absolute Gasteiger partial charge is 0.360 e. The van der Waals surface area contributed by atoms with E-state index < -0.39 is 35.0 Å². The molecule has 1 aromatic carbocycles. The molecule has 1 fully saturated rings. The van der Waals surface area contributed by atoms with E-state index >= 15 is 0 Å². The first kappa shape index (κ1) is 18.5. The number of rotatable bonds is 5. The summed E-state index contributed by atoms with van der Waals surface area (Å²) in [7, 11) is 0. The van der Waals surface area contributed by atoms with Gasteiger partial charge in [-0.05, 0) is 31.5 Å². The van der Waals surface area contributed by atoms with E-state index in [2.05, 4.69) is 15.8 Å². The summed E-state index contributed by atoms with van der Waals surface area (Å²) in [4.78, 5) is 37.7. The zero-order valence-corrected chi connectivity index (χ0v) is 14.5. The zero-order valence-electron chi connectivity index (χ0n) is 14.5. The van der Waals surface area contributed by atoms with Crippen LogP contribution in [0.2, 0.25) is 0 Å². The van der Waals surface area contributed by atoms with Crippen molar-refractivity contribution in [1.82, 2.24) is 15.4 Å². The summed E-state index contributed by atoms with van der Waals surface area (Å²) in [5, 5.41) is 8.55. The van der Waals surface area contributed by atoms with Crippen molar-refractivity contribution < 1.29 is 27.7 Å². The second kappa shape index (κ2) is 6.78. The third-order valence-corrected chi connectivity index (χ3v) is 4.23. The maximum absolute atomic E-state index is 13.5. The first-order valence-electron chi connectivity index (χ1n) is 8.03. The van der Waals surface area contributed by atoms with Gasteiger partial charge in [0.25, 0.3) is 5.91 Å². The number of urea groups is 1. The van der Waals surface area contributed by atoms with Crippen LogP contribution in [-0.2, 0) is 15.1 Å². The summed E-state index contributed by atoms with van der Waals surface area (Å²) >= 11 is 0. The fourth-order valence-corrected chi connectivity index (χ4v) is 2.75. The minimum absolute atomic E-state index is 0.102. The summed E-state index contributed by atoms with van der Waals surface area (Å²) in [6.07, 6.45) is -0.168. The second-order valence-corrected chi connectivity index (χ2v) is 6.26. The molecule has 1 aromatic heterocycles. The summed E-state index contributed by atoms with van der Waals surface area (Å²) in [5.74, 6) is -2.58. The van der Waals surface area contributed by atoms with E-state index in [4.69, 9.17) is 4.52 Å². The maximum atomic E-state index is 13.5. The number of amides is 4. The van der Waals surface area contributed by atoms with Crippen LogP contribution in [0.15, 0.2) is 28.8 Å². The predicted octanol–water partition coefficient (Wildman–Crippen LogP) is 2.06. The molecule has 0 saturated carbocycles. The predicted molar refractivity (Wildman–Crippen MR) is 88.4 cm³/mol. The highest BCUT2D eigenvalue weighted by molar-refractivity contribution is 6.07. The third kappa shape index (κ3) is 3.50. The standard InChI is InChI=1S/C17H16F2N4O4/c1-9-7-13(22-27-9)20-14(24)5-6-23-15(25)17(2,21-16(23)26)10-3-4-11(18)12(19)8-10/h3-4,7-8H,5-6H2,1-2H3,(H,21,26)(H,20,22,24). The highest BCUT2D eigenvalue weighted by atomic mass is 19.2. The topological polar surface area (TPSA) is 105 Å². The van der Waals surface area contributed by atoms with Crippen molar-refractivity contribution in [1.29, 1.82) is 0 Å². The van der Waals surface area contributed by atoms with Crippen molar-refractivity contribution in [3.63, 3.8) is 0 Å². The molecule has 2 heterocycles. The van der Waals surface area contributed by atoms with Crippen LogP contribution < -0.4 is 10.6 Å². The first-order chi connectivity index (χ1) is 12.7. The lowest BCUT2D eigenvalue weighted by atomic mass is 9.92. The molecule has 142 valence electrons. The molecule has 1 aliphatic rings. The molecule has 8 nitrogen and oxygen atoms in total. The molecule has 0 spiro atoms. The van der Waals surface area contributed by atoms with Crippen molar-refractivity contribution >= 4 is 23.7 Å². The molecular formula is C17H16F2N4O4. The molecule has 1 unspecified atom stereocenters. The van der Waals surface area contributed by atoms with Crippen LogP contribution in [0.5, 0.6) is 0 Å². The molecule has 2 N–H and O–H groups in total. The normalized spacial score (nSPS) is 19.3. The van der Waals surface area contributed by atoms with Gasteiger partial charge in [-0.3, -0.25) is 14.5 Å². The molecule has 0 bridgehead atoms. The van der Waals surface area contributed by atoms with Crippen LogP contribution in [-0.4, -0.2) is 34.4 Å². The number of hydrogen-bond donors (Lipinski definition) is 2. The minimum atomic E-state index is -1.55. The van der Waals surface area contributed by atoms with Crippen molar-refractivity contribution in [2.45, 2.75) is 25.8 Å². The Labute approximate surface area is 152 Å². The van der Waals surface area contributed by atoms with E-state index in [1.165, 1.54) is 19.1 Å². The van der Waals surface area contributed by atoms with Crippen molar-refractivity contribution in [2.75, 3.05) is 11.9 Å². The number of nitrogens with one attached hydrogen (secondary N) is 2. The summed E-state index contributed by atoms with van der Waals surface area (Å²) < 4.78 is 31.5. The van der Waals surface area contributed by atoms with Crippen molar-refractivity contribution in [2.24, 2.45) is 0 Å². The number of hydrogen-bond acceptors (Lipinski definition) is 5. The first-order valence-corrected chi connectivity index (χ1v) is 8.03. The van der Waals surface area contributed by atoms with Gasteiger partial charge in [0, 0.05) is 19.0 Å². The summed E-state index contributed by atoms with van der Waals surface area (Å²) in [6.45, 7) is 2.86. The van der Waals surface area contributed by atoms with Gasteiger partial charge in [-0.1, -0.05) is 11.2 Å². The highest BCUT2D eigenvalue weighted by Crippen LogP contribution is 2.29. The Morgan fingerprint density at radius 1 is 1.30 bits per heavy atom. The quantitative estimate of drug-likeness (QED) is 0.775. The molecular weight excluding hydrogens is 362 g/mol. The minimum Gasteiger partial charge on any atom is -0.360 e.